The smallest absolute Gasteiger partial charge is 0.259 e. The minimum absolute atomic E-state index is 0.0648. The summed E-state index contributed by atoms with van der Waals surface area (Å²) in [7, 11) is 4.81. The van der Waals surface area contributed by atoms with E-state index in [0.717, 1.165) is 11.1 Å². The van der Waals surface area contributed by atoms with Crippen LogP contribution >= 0.6 is 0 Å². The number of rotatable bonds is 7. The van der Waals surface area contributed by atoms with Gasteiger partial charge < -0.3 is 24.8 Å². The van der Waals surface area contributed by atoms with Gasteiger partial charge in [-0.2, -0.15) is 0 Å². The predicted octanol–water partition coefficient (Wildman–Crippen LogP) is 2.11. The first-order valence-electron chi connectivity index (χ1n) is 8.39. The second-order valence-corrected chi connectivity index (χ2v) is 6.27. The molecule has 0 unspecified atom stereocenters. The van der Waals surface area contributed by atoms with Gasteiger partial charge in [-0.15, -0.1) is 0 Å². The zero-order valence-corrected chi connectivity index (χ0v) is 15.9. The van der Waals surface area contributed by atoms with Crippen molar-refractivity contribution in [2.45, 2.75) is 13.5 Å². The molecule has 0 aliphatic rings. The van der Waals surface area contributed by atoms with Crippen LogP contribution in [0.25, 0.3) is 0 Å². The highest BCUT2D eigenvalue weighted by atomic mass is 16.5. The number of nitrogens with one attached hydrogen (secondary N) is 1. The molecule has 0 radical (unpaired) electrons. The summed E-state index contributed by atoms with van der Waals surface area (Å²) in [6, 6.07) is 10.0. The van der Waals surface area contributed by atoms with Crippen LogP contribution in [0.2, 0.25) is 0 Å². The van der Waals surface area contributed by atoms with Crippen LogP contribution in [-0.4, -0.2) is 49.6 Å². The number of hydrogen-bond acceptors (Lipinski definition) is 5. The first-order valence-corrected chi connectivity index (χ1v) is 8.39. The van der Waals surface area contributed by atoms with Crippen molar-refractivity contribution >= 4 is 11.8 Å². The highest BCUT2D eigenvalue weighted by Gasteiger charge is 2.13. The molecule has 0 aliphatic heterocycles. The number of benzene rings is 2. The summed E-state index contributed by atoms with van der Waals surface area (Å²) in [4.78, 5) is 25.4. The Morgan fingerprint density at radius 1 is 1.11 bits per heavy atom. The molecule has 144 valence electrons. The maximum Gasteiger partial charge on any atom is 0.259 e. The molecule has 0 saturated carbocycles. The van der Waals surface area contributed by atoms with E-state index in [0.29, 0.717) is 11.5 Å². The van der Waals surface area contributed by atoms with Crippen molar-refractivity contribution < 1.29 is 24.2 Å². The van der Waals surface area contributed by atoms with Crippen LogP contribution in [0.15, 0.2) is 36.4 Å². The van der Waals surface area contributed by atoms with E-state index in [1.807, 2.05) is 6.92 Å². The van der Waals surface area contributed by atoms with Crippen LogP contribution < -0.4 is 14.8 Å². The first kappa shape index (κ1) is 20.1. The molecule has 27 heavy (non-hydrogen) atoms. The molecule has 2 amide bonds. The van der Waals surface area contributed by atoms with Crippen LogP contribution in [-0.2, 0) is 11.3 Å². The lowest BCUT2D eigenvalue weighted by atomic mass is 10.1. The van der Waals surface area contributed by atoms with Crippen LogP contribution in [0.4, 0.5) is 0 Å². The molecule has 0 aromatic heterocycles. The fourth-order valence-corrected chi connectivity index (χ4v) is 2.32. The molecule has 2 aromatic rings. The van der Waals surface area contributed by atoms with E-state index in [4.69, 9.17) is 9.47 Å². The standard InChI is InChI=1S/C20H24N2O5/c1-13-5-7-16(23)15(9-13)20(25)21-11-14-6-8-17(18(10-14)26-4)27-12-19(24)22(2)3/h5-10,23H,11-12H2,1-4H3,(H,21,25). The van der Waals surface area contributed by atoms with E-state index in [2.05, 4.69) is 5.32 Å². The summed E-state index contributed by atoms with van der Waals surface area (Å²) < 4.78 is 10.8. The van der Waals surface area contributed by atoms with Crippen molar-refractivity contribution in [1.29, 1.82) is 0 Å². The number of phenols is 1. The maximum absolute atomic E-state index is 12.3. The second-order valence-electron chi connectivity index (χ2n) is 6.27. The number of aromatic hydroxyl groups is 1. The average Bonchev–Trinajstić information content (AvgIpc) is 2.66. The van der Waals surface area contributed by atoms with Crippen LogP contribution in [0, 0.1) is 6.92 Å². The lowest BCUT2D eigenvalue weighted by Gasteiger charge is -2.14. The van der Waals surface area contributed by atoms with E-state index in [9.17, 15) is 14.7 Å². The Morgan fingerprint density at radius 2 is 1.85 bits per heavy atom. The average molecular weight is 372 g/mol. The van der Waals surface area contributed by atoms with Gasteiger partial charge >= 0.3 is 0 Å². The van der Waals surface area contributed by atoms with Gasteiger partial charge in [-0.05, 0) is 36.8 Å². The summed E-state index contributed by atoms with van der Waals surface area (Å²) >= 11 is 0. The van der Waals surface area contributed by atoms with Crippen LogP contribution in [0.3, 0.4) is 0 Å². The van der Waals surface area contributed by atoms with Crippen molar-refractivity contribution in [3.8, 4) is 17.2 Å². The number of carbonyl (C=O) groups excluding carboxylic acids is 2. The van der Waals surface area contributed by atoms with E-state index < -0.39 is 0 Å². The van der Waals surface area contributed by atoms with E-state index in [-0.39, 0.29) is 36.3 Å². The Balaban J connectivity index is 2.03. The molecule has 2 aromatic carbocycles. The number of phenolic OH excluding ortho intramolecular Hbond substituents is 1. The number of methoxy groups -OCH3 is 1. The highest BCUT2D eigenvalue weighted by molar-refractivity contribution is 5.96. The largest absolute Gasteiger partial charge is 0.507 e. The van der Waals surface area contributed by atoms with Gasteiger partial charge in [0.2, 0.25) is 0 Å². The Morgan fingerprint density at radius 3 is 2.52 bits per heavy atom. The van der Waals surface area contributed by atoms with E-state index >= 15 is 0 Å². The molecule has 0 atom stereocenters. The number of aryl methyl sites for hydroxylation is 1. The quantitative estimate of drug-likeness (QED) is 0.777. The first-order chi connectivity index (χ1) is 12.8. The summed E-state index contributed by atoms with van der Waals surface area (Å²) in [5.74, 6) is 0.314. The van der Waals surface area contributed by atoms with Gasteiger partial charge in [0.25, 0.3) is 11.8 Å². The monoisotopic (exact) mass is 372 g/mol. The number of nitrogens with zero attached hydrogens (tertiary/aromatic N) is 1. The van der Waals surface area contributed by atoms with Crippen molar-refractivity contribution in [3.05, 3.63) is 53.1 Å². The Bertz CT molecular complexity index is 833. The summed E-state index contributed by atoms with van der Waals surface area (Å²) in [5.41, 5.74) is 1.90. The van der Waals surface area contributed by atoms with Crippen molar-refractivity contribution in [2.75, 3.05) is 27.8 Å². The van der Waals surface area contributed by atoms with E-state index in [1.54, 1.807) is 44.4 Å². The van der Waals surface area contributed by atoms with Crippen molar-refractivity contribution in [2.24, 2.45) is 0 Å². The molecule has 2 N–H and O–H groups in total. The Labute approximate surface area is 158 Å². The lowest BCUT2D eigenvalue weighted by molar-refractivity contribution is -0.130. The molecule has 0 aliphatic carbocycles. The number of amides is 2. The molecular formula is C20H24N2O5. The normalized spacial score (nSPS) is 10.2. The molecule has 0 saturated heterocycles. The molecule has 0 heterocycles. The number of likely N-dealkylation sites (N-methyl/N-ethyl adjacent to an activating group) is 1. The summed E-state index contributed by atoms with van der Waals surface area (Å²) in [6.45, 7) is 2.01. The van der Waals surface area contributed by atoms with Gasteiger partial charge in [0, 0.05) is 20.6 Å². The van der Waals surface area contributed by atoms with Gasteiger partial charge in [0.1, 0.15) is 5.75 Å². The molecule has 7 heteroatoms. The minimum atomic E-state index is -0.368. The summed E-state index contributed by atoms with van der Waals surface area (Å²) in [6.07, 6.45) is 0. The van der Waals surface area contributed by atoms with Gasteiger partial charge in [-0.3, -0.25) is 9.59 Å². The zero-order chi connectivity index (χ0) is 20.0. The highest BCUT2D eigenvalue weighted by Crippen LogP contribution is 2.28. The fourth-order valence-electron chi connectivity index (χ4n) is 2.32. The number of hydrogen-bond donors (Lipinski definition) is 2. The van der Waals surface area contributed by atoms with Gasteiger partial charge in [-0.1, -0.05) is 17.7 Å². The maximum atomic E-state index is 12.3. The molecule has 0 bridgehead atoms. The number of carbonyl (C=O) groups is 2. The van der Waals surface area contributed by atoms with Gasteiger partial charge in [-0.25, -0.2) is 0 Å². The third-order valence-electron chi connectivity index (χ3n) is 3.93. The molecule has 7 nitrogen and oxygen atoms in total. The fraction of sp³-hybridized carbons (Fsp3) is 0.300. The SMILES string of the molecule is COc1cc(CNC(=O)c2cc(C)ccc2O)ccc1OCC(=O)N(C)C. The lowest BCUT2D eigenvalue weighted by Crippen LogP contribution is -2.27. The Hall–Kier alpha value is -3.22. The third kappa shape index (κ3) is 5.37. The van der Waals surface area contributed by atoms with Gasteiger partial charge in [0.05, 0.1) is 12.7 Å². The van der Waals surface area contributed by atoms with Gasteiger partial charge in [0.15, 0.2) is 18.1 Å². The molecule has 2 rings (SSSR count). The molecule has 0 fully saturated rings. The molecule has 0 spiro atoms. The molecular weight excluding hydrogens is 348 g/mol. The second kappa shape index (κ2) is 8.93. The van der Waals surface area contributed by atoms with Crippen molar-refractivity contribution in [1.82, 2.24) is 10.2 Å². The zero-order valence-electron chi connectivity index (χ0n) is 15.9. The third-order valence-corrected chi connectivity index (χ3v) is 3.93. The number of ether oxygens (including phenoxy) is 2. The topological polar surface area (TPSA) is 88.1 Å². The van der Waals surface area contributed by atoms with Crippen LogP contribution in [0.1, 0.15) is 21.5 Å². The predicted molar refractivity (Wildman–Crippen MR) is 101 cm³/mol. The minimum Gasteiger partial charge on any atom is -0.507 e. The van der Waals surface area contributed by atoms with Crippen molar-refractivity contribution in [3.63, 3.8) is 0 Å². The van der Waals surface area contributed by atoms with Crippen LogP contribution in [0.5, 0.6) is 17.2 Å². The Kier molecular flexibility index (Phi) is 6.65. The van der Waals surface area contributed by atoms with E-state index in [1.165, 1.54) is 18.1 Å². The summed E-state index contributed by atoms with van der Waals surface area (Å²) in [5, 5.41) is 12.6.